The predicted octanol–water partition coefficient (Wildman–Crippen LogP) is 2.95. The fraction of sp³-hybridized carbons (Fsp3) is 0.261. The van der Waals surface area contributed by atoms with E-state index >= 15 is 0 Å². The van der Waals surface area contributed by atoms with Crippen molar-refractivity contribution in [2.75, 3.05) is 18.0 Å². The van der Waals surface area contributed by atoms with Gasteiger partial charge in [0.2, 0.25) is 5.91 Å². The number of aromatic amines is 1. The molecule has 3 aromatic rings. The highest BCUT2D eigenvalue weighted by molar-refractivity contribution is 5.99. The number of nitrogens with one attached hydrogen (secondary N) is 2. The van der Waals surface area contributed by atoms with E-state index < -0.39 is 5.82 Å². The van der Waals surface area contributed by atoms with E-state index in [0.717, 1.165) is 35.7 Å². The number of carbonyl (C=O) groups is 1. The second-order valence-corrected chi connectivity index (χ2v) is 7.33. The van der Waals surface area contributed by atoms with Crippen LogP contribution >= 0.6 is 0 Å². The highest BCUT2D eigenvalue weighted by Gasteiger charge is 2.31. The number of anilines is 1. The number of para-hydroxylation sites is 1. The zero-order chi connectivity index (χ0) is 20.9. The highest BCUT2D eigenvalue weighted by Crippen LogP contribution is 2.21. The second kappa shape index (κ2) is 8.89. The van der Waals surface area contributed by atoms with Crippen molar-refractivity contribution in [2.45, 2.75) is 25.3 Å². The van der Waals surface area contributed by atoms with Gasteiger partial charge in [-0.3, -0.25) is 4.79 Å². The van der Waals surface area contributed by atoms with E-state index in [-0.39, 0.29) is 17.5 Å². The molecule has 4 rings (SSSR count). The maximum atomic E-state index is 13.7. The molecular weight excluding hydrogens is 381 g/mol. The van der Waals surface area contributed by atoms with Crippen LogP contribution in [0.2, 0.25) is 0 Å². The van der Waals surface area contributed by atoms with Gasteiger partial charge in [0.25, 0.3) is 0 Å². The molecule has 1 aromatic heterocycles. The molecule has 1 atom stereocenters. The first-order valence-electron chi connectivity index (χ1n) is 9.95. The quantitative estimate of drug-likeness (QED) is 0.635. The van der Waals surface area contributed by atoms with E-state index in [1.807, 2.05) is 41.3 Å². The molecule has 0 spiro atoms. The van der Waals surface area contributed by atoms with Gasteiger partial charge in [-0.05, 0) is 36.2 Å². The lowest BCUT2D eigenvalue weighted by Crippen LogP contribution is -2.39. The number of rotatable bonds is 7. The van der Waals surface area contributed by atoms with E-state index in [4.69, 9.17) is 5.26 Å². The molecule has 1 amide bonds. The summed E-state index contributed by atoms with van der Waals surface area (Å²) < 4.78 is 13.7. The van der Waals surface area contributed by atoms with Crippen LogP contribution in [0.3, 0.4) is 0 Å². The summed E-state index contributed by atoms with van der Waals surface area (Å²) in [6.45, 7) is 1.38. The second-order valence-electron chi connectivity index (χ2n) is 7.33. The molecule has 1 aliphatic rings. The standard InChI is InChI=1S/C23H22FN5O/c24-20-12-16(6-7-17(20)14-25)13-22-27-15-18(28-22)8-10-26-21-9-11-29(23(21)30)19-4-2-1-3-5-19/h1-7,12,15,21,26H,8-11,13H2,(H,27,28). The molecule has 1 aliphatic heterocycles. The summed E-state index contributed by atoms with van der Waals surface area (Å²) in [5.41, 5.74) is 2.68. The van der Waals surface area contributed by atoms with E-state index in [2.05, 4.69) is 15.3 Å². The molecule has 0 saturated carbocycles. The summed E-state index contributed by atoms with van der Waals surface area (Å²) >= 11 is 0. The lowest BCUT2D eigenvalue weighted by Gasteiger charge is -2.17. The molecule has 7 heteroatoms. The minimum atomic E-state index is -0.517. The lowest BCUT2D eigenvalue weighted by molar-refractivity contribution is -0.118. The maximum Gasteiger partial charge on any atom is 0.244 e. The van der Waals surface area contributed by atoms with Crippen molar-refractivity contribution in [3.05, 3.63) is 83.2 Å². The summed E-state index contributed by atoms with van der Waals surface area (Å²) in [4.78, 5) is 22.0. The van der Waals surface area contributed by atoms with Gasteiger partial charge in [0.05, 0.1) is 11.6 Å². The van der Waals surface area contributed by atoms with Gasteiger partial charge in [-0.25, -0.2) is 9.37 Å². The molecule has 0 aliphatic carbocycles. The number of nitrogens with zero attached hydrogens (tertiary/aromatic N) is 3. The van der Waals surface area contributed by atoms with Gasteiger partial charge in [-0.2, -0.15) is 5.26 Å². The number of imidazole rings is 1. The minimum Gasteiger partial charge on any atom is -0.346 e. The number of hydrogen-bond acceptors (Lipinski definition) is 4. The average Bonchev–Trinajstić information content (AvgIpc) is 3.35. The van der Waals surface area contributed by atoms with E-state index in [1.54, 1.807) is 12.3 Å². The molecule has 6 nitrogen and oxygen atoms in total. The topological polar surface area (TPSA) is 84.8 Å². The van der Waals surface area contributed by atoms with Crippen molar-refractivity contribution in [1.29, 1.82) is 5.26 Å². The normalized spacial score (nSPS) is 16.1. The average molecular weight is 403 g/mol. The maximum absolute atomic E-state index is 13.7. The number of H-pyrrole nitrogens is 1. The monoisotopic (exact) mass is 403 g/mol. The molecule has 1 saturated heterocycles. The summed E-state index contributed by atoms with van der Waals surface area (Å²) in [6.07, 6.45) is 3.73. The number of hydrogen-bond donors (Lipinski definition) is 2. The molecule has 0 radical (unpaired) electrons. The number of benzene rings is 2. The number of amides is 1. The van der Waals surface area contributed by atoms with Gasteiger partial charge in [0.1, 0.15) is 17.7 Å². The smallest absolute Gasteiger partial charge is 0.244 e. The first-order valence-corrected chi connectivity index (χ1v) is 9.95. The molecule has 2 aromatic carbocycles. The largest absolute Gasteiger partial charge is 0.346 e. The Morgan fingerprint density at radius 3 is 2.87 bits per heavy atom. The highest BCUT2D eigenvalue weighted by atomic mass is 19.1. The predicted molar refractivity (Wildman–Crippen MR) is 111 cm³/mol. The number of aromatic nitrogens is 2. The molecule has 2 heterocycles. The van der Waals surface area contributed by atoms with Crippen molar-refractivity contribution >= 4 is 11.6 Å². The van der Waals surface area contributed by atoms with Gasteiger partial charge in [0.15, 0.2) is 0 Å². The molecule has 30 heavy (non-hydrogen) atoms. The van der Waals surface area contributed by atoms with Crippen LogP contribution in [0, 0.1) is 17.1 Å². The summed E-state index contributed by atoms with van der Waals surface area (Å²) in [6, 6.07) is 15.9. The summed E-state index contributed by atoms with van der Waals surface area (Å²) in [5, 5.41) is 12.2. The first-order chi connectivity index (χ1) is 14.6. The molecule has 1 unspecified atom stereocenters. The first kappa shape index (κ1) is 19.8. The fourth-order valence-electron chi connectivity index (χ4n) is 3.69. The fourth-order valence-corrected chi connectivity index (χ4v) is 3.69. The van der Waals surface area contributed by atoms with Crippen LogP contribution in [0.1, 0.15) is 29.1 Å². The summed E-state index contributed by atoms with van der Waals surface area (Å²) in [5.74, 6) is 0.326. The zero-order valence-corrected chi connectivity index (χ0v) is 16.4. The van der Waals surface area contributed by atoms with E-state index in [9.17, 15) is 9.18 Å². The van der Waals surface area contributed by atoms with Gasteiger partial charge in [0, 0.05) is 43.5 Å². The Morgan fingerprint density at radius 1 is 1.27 bits per heavy atom. The molecule has 152 valence electrons. The summed E-state index contributed by atoms with van der Waals surface area (Å²) in [7, 11) is 0. The molecule has 0 bridgehead atoms. The van der Waals surface area contributed by atoms with Crippen molar-refractivity contribution in [3.63, 3.8) is 0 Å². The van der Waals surface area contributed by atoms with Gasteiger partial charge >= 0.3 is 0 Å². The Labute approximate surface area is 174 Å². The third kappa shape index (κ3) is 4.39. The minimum absolute atomic E-state index is 0.0391. The van der Waals surface area contributed by atoms with Crippen LogP contribution in [0.4, 0.5) is 10.1 Å². The van der Waals surface area contributed by atoms with Crippen LogP contribution in [-0.2, 0) is 17.6 Å². The van der Waals surface area contributed by atoms with Crippen molar-refractivity contribution < 1.29 is 9.18 Å². The van der Waals surface area contributed by atoms with Gasteiger partial charge in [-0.15, -0.1) is 0 Å². The van der Waals surface area contributed by atoms with Crippen LogP contribution in [-0.4, -0.2) is 35.0 Å². The molecule has 1 fully saturated rings. The van der Waals surface area contributed by atoms with Crippen molar-refractivity contribution in [2.24, 2.45) is 0 Å². The zero-order valence-electron chi connectivity index (χ0n) is 16.4. The van der Waals surface area contributed by atoms with Crippen LogP contribution < -0.4 is 10.2 Å². The number of halogens is 1. The molecular formula is C23H22FN5O. The molecule has 2 N–H and O–H groups in total. The Kier molecular flexibility index (Phi) is 5.87. The van der Waals surface area contributed by atoms with E-state index in [0.29, 0.717) is 19.4 Å². The van der Waals surface area contributed by atoms with Crippen molar-refractivity contribution in [1.82, 2.24) is 15.3 Å². The van der Waals surface area contributed by atoms with Gasteiger partial charge in [-0.1, -0.05) is 24.3 Å². The van der Waals surface area contributed by atoms with Crippen LogP contribution in [0.25, 0.3) is 0 Å². The van der Waals surface area contributed by atoms with E-state index in [1.165, 1.54) is 12.1 Å². The third-order valence-electron chi connectivity index (χ3n) is 5.27. The van der Waals surface area contributed by atoms with Crippen LogP contribution in [0.5, 0.6) is 0 Å². The Morgan fingerprint density at radius 2 is 2.10 bits per heavy atom. The van der Waals surface area contributed by atoms with Gasteiger partial charge < -0.3 is 15.2 Å². The number of carbonyl (C=O) groups excluding carboxylic acids is 1. The third-order valence-corrected chi connectivity index (χ3v) is 5.27. The Hall–Kier alpha value is -3.50. The van der Waals surface area contributed by atoms with Crippen molar-refractivity contribution in [3.8, 4) is 6.07 Å². The Balaban J connectivity index is 1.27. The SMILES string of the molecule is N#Cc1ccc(Cc2ncc(CCNC3CCN(c4ccccc4)C3=O)[nH]2)cc1F. The number of nitriles is 1. The lowest BCUT2D eigenvalue weighted by atomic mass is 10.1. The van der Waals surface area contributed by atoms with Crippen LogP contribution in [0.15, 0.2) is 54.7 Å². The Bertz CT molecular complexity index is 1070.